The summed E-state index contributed by atoms with van der Waals surface area (Å²) in [6.45, 7) is 1.16. The van der Waals surface area contributed by atoms with Crippen LogP contribution in [0.15, 0.2) is 23.1 Å². The third kappa shape index (κ3) is 4.13. The van der Waals surface area contributed by atoms with E-state index < -0.39 is 20.0 Å². The summed E-state index contributed by atoms with van der Waals surface area (Å²) in [7, 11) is -5.91. The van der Waals surface area contributed by atoms with E-state index in [0.717, 1.165) is 19.3 Å². The summed E-state index contributed by atoms with van der Waals surface area (Å²) < 4.78 is 64.6. The first-order valence-electron chi connectivity index (χ1n) is 8.63. The van der Waals surface area contributed by atoms with Crippen molar-refractivity contribution in [3.63, 3.8) is 0 Å². The van der Waals surface area contributed by atoms with E-state index in [4.69, 9.17) is 9.47 Å². The number of anilines is 1. The zero-order chi connectivity index (χ0) is 18.8. The molecule has 3 rings (SSSR count). The summed E-state index contributed by atoms with van der Waals surface area (Å²) in [6.07, 6.45) is 2.94. The predicted molar refractivity (Wildman–Crippen MR) is 97.5 cm³/mol. The average Bonchev–Trinajstić information content (AvgIpc) is 3.13. The Kier molecular flexibility index (Phi) is 5.75. The van der Waals surface area contributed by atoms with Gasteiger partial charge in [-0.2, -0.15) is 0 Å². The fraction of sp³-hybridized carbons (Fsp3) is 0.625. The first kappa shape index (κ1) is 19.4. The highest BCUT2D eigenvalue weighted by Crippen LogP contribution is 2.31. The van der Waals surface area contributed by atoms with E-state index in [1.54, 1.807) is 6.07 Å². The minimum absolute atomic E-state index is 0.0678. The number of ether oxygens (including phenoxy) is 2. The first-order chi connectivity index (χ1) is 12.3. The van der Waals surface area contributed by atoms with E-state index >= 15 is 0 Å². The first-order valence-corrected chi connectivity index (χ1v) is 11.7. The largest absolute Gasteiger partial charge is 0.495 e. The van der Waals surface area contributed by atoms with E-state index in [0.29, 0.717) is 25.3 Å². The van der Waals surface area contributed by atoms with E-state index in [1.807, 2.05) is 0 Å². The van der Waals surface area contributed by atoms with Gasteiger partial charge in [0.15, 0.2) is 0 Å². The maximum Gasteiger partial charge on any atom is 0.244 e. The van der Waals surface area contributed by atoms with Crippen molar-refractivity contribution in [2.24, 2.45) is 0 Å². The summed E-state index contributed by atoms with van der Waals surface area (Å²) >= 11 is 0. The van der Waals surface area contributed by atoms with Crippen LogP contribution >= 0.6 is 0 Å². The molecule has 2 aliphatic rings. The molecule has 2 saturated heterocycles. The van der Waals surface area contributed by atoms with Gasteiger partial charge in [-0.3, -0.25) is 4.31 Å². The number of hydrogen-bond donors (Lipinski definition) is 1. The maximum atomic E-state index is 12.8. The number of nitrogens with one attached hydrogen (secondary N) is 1. The molecule has 146 valence electrons. The van der Waals surface area contributed by atoms with Gasteiger partial charge in [0.1, 0.15) is 10.6 Å². The van der Waals surface area contributed by atoms with Gasteiger partial charge in [-0.15, -0.1) is 0 Å². The molecule has 1 aromatic rings. The highest BCUT2D eigenvalue weighted by Gasteiger charge is 2.29. The van der Waals surface area contributed by atoms with Crippen LogP contribution in [0, 0.1) is 0 Å². The van der Waals surface area contributed by atoms with Crippen molar-refractivity contribution in [1.29, 1.82) is 0 Å². The second-order valence-corrected chi connectivity index (χ2v) is 10.2. The molecule has 10 heteroatoms. The zero-order valence-corrected chi connectivity index (χ0v) is 16.3. The normalized spacial score (nSPS) is 23.1. The Morgan fingerprint density at radius 2 is 2.12 bits per heavy atom. The molecule has 2 fully saturated rings. The monoisotopic (exact) mass is 404 g/mol. The molecule has 2 heterocycles. The van der Waals surface area contributed by atoms with Crippen molar-refractivity contribution < 1.29 is 26.3 Å². The van der Waals surface area contributed by atoms with Gasteiger partial charge in [-0.05, 0) is 43.9 Å². The number of nitrogens with zero attached hydrogens (tertiary/aromatic N) is 1. The summed E-state index contributed by atoms with van der Waals surface area (Å²) in [5, 5.41) is 0. The van der Waals surface area contributed by atoms with Gasteiger partial charge in [0.2, 0.25) is 20.0 Å². The number of methoxy groups -OCH3 is 1. The average molecular weight is 405 g/mol. The van der Waals surface area contributed by atoms with Crippen LogP contribution in [0.2, 0.25) is 0 Å². The van der Waals surface area contributed by atoms with E-state index in [1.165, 1.54) is 23.5 Å². The van der Waals surface area contributed by atoms with E-state index in [-0.39, 0.29) is 29.0 Å². The molecule has 1 aromatic carbocycles. The van der Waals surface area contributed by atoms with Crippen molar-refractivity contribution in [2.75, 3.05) is 36.9 Å². The third-order valence-corrected chi connectivity index (χ3v) is 7.91. The van der Waals surface area contributed by atoms with Crippen molar-refractivity contribution in [2.45, 2.75) is 36.7 Å². The lowest BCUT2D eigenvalue weighted by atomic mass is 10.2. The van der Waals surface area contributed by atoms with Crippen LogP contribution in [0.25, 0.3) is 0 Å². The van der Waals surface area contributed by atoms with Crippen LogP contribution in [-0.4, -0.2) is 55.5 Å². The number of rotatable bonds is 6. The van der Waals surface area contributed by atoms with Gasteiger partial charge in [-0.1, -0.05) is 0 Å². The van der Waals surface area contributed by atoms with Gasteiger partial charge in [-0.25, -0.2) is 21.6 Å². The van der Waals surface area contributed by atoms with Crippen LogP contribution in [-0.2, 0) is 24.8 Å². The number of benzene rings is 1. The molecule has 0 radical (unpaired) electrons. The molecule has 0 saturated carbocycles. The zero-order valence-electron chi connectivity index (χ0n) is 14.7. The lowest BCUT2D eigenvalue weighted by Crippen LogP contribution is -2.38. The predicted octanol–water partition coefficient (Wildman–Crippen LogP) is 1.08. The minimum atomic E-state index is -3.87. The molecule has 0 bridgehead atoms. The smallest absolute Gasteiger partial charge is 0.244 e. The van der Waals surface area contributed by atoms with E-state index in [2.05, 4.69) is 4.72 Å². The minimum Gasteiger partial charge on any atom is -0.495 e. The molecular weight excluding hydrogens is 380 g/mol. The van der Waals surface area contributed by atoms with Crippen LogP contribution in [0.5, 0.6) is 5.75 Å². The summed E-state index contributed by atoms with van der Waals surface area (Å²) in [5.41, 5.74) is 0.336. The Bertz CT molecular complexity index is 847. The van der Waals surface area contributed by atoms with Gasteiger partial charge in [0.25, 0.3) is 0 Å². The Labute approximate surface area is 154 Å². The standard InChI is InChI=1S/C16H24N2O6S2/c1-23-15-7-6-13(18-8-2-3-10-25(18,19)20)11-16(15)26(21,22)17-12-14-5-4-9-24-14/h6-7,11,14,17H,2-5,8-10,12H2,1H3/t14-/m0/s1. The van der Waals surface area contributed by atoms with Gasteiger partial charge < -0.3 is 9.47 Å². The highest BCUT2D eigenvalue weighted by molar-refractivity contribution is 7.92. The molecule has 0 spiro atoms. The Balaban J connectivity index is 1.89. The molecule has 26 heavy (non-hydrogen) atoms. The lowest BCUT2D eigenvalue weighted by Gasteiger charge is -2.28. The highest BCUT2D eigenvalue weighted by atomic mass is 32.2. The number of hydrogen-bond acceptors (Lipinski definition) is 6. The van der Waals surface area contributed by atoms with Crippen LogP contribution in [0.4, 0.5) is 5.69 Å². The summed E-state index contributed by atoms with van der Waals surface area (Å²) in [5.74, 6) is 0.237. The van der Waals surface area contributed by atoms with Gasteiger partial charge >= 0.3 is 0 Å². The summed E-state index contributed by atoms with van der Waals surface area (Å²) in [4.78, 5) is -0.0729. The van der Waals surface area contributed by atoms with Crippen molar-refractivity contribution in [3.8, 4) is 5.75 Å². The molecular formula is C16H24N2O6S2. The number of sulfonamides is 2. The molecule has 1 atom stereocenters. The third-order valence-electron chi connectivity index (χ3n) is 4.60. The van der Waals surface area contributed by atoms with Gasteiger partial charge in [0.05, 0.1) is 24.7 Å². The Morgan fingerprint density at radius 1 is 1.31 bits per heavy atom. The molecule has 8 nitrogen and oxygen atoms in total. The van der Waals surface area contributed by atoms with Crippen LogP contribution < -0.4 is 13.8 Å². The van der Waals surface area contributed by atoms with E-state index in [9.17, 15) is 16.8 Å². The van der Waals surface area contributed by atoms with Gasteiger partial charge in [0, 0.05) is 19.7 Å². The Hall–Kier alpha value is -1.36. The second kappa shape index (κ2) is 7.71. The van der Waals surface area contributed by atoms with Crippen LogP contribution in [0.3, 0.4) is 0 Å². The van der Waals surface area contributed by atoms with Crippen molar-refractivity contribution in [3.05, 3.63) is 18.2 Å². The topological polar surface area (TPSA) is 102 Å². The molecule has 2 aliphatic heterocycles. The fourth-order valence-corrected chi connectivity index (χ4v) is 6.08. The van der Waals surface area contributed by atoms with Crippen molar-refractivity contribution >= 4 is 25.7 Å². The molecule has 1 N–H and O–H groups in total. The van der Waals surface area contributed by atoms with Crippen molar-refractivity contribution in [1.82, 2.24) is 4.72 Å². The SMILES string of the molecule is COc1ccc(N2CCCCS2(=O)=O)cc1S(=O)(=O)NC[C@@H]1CCCO1. The van der Waals surface area contributed by atoms with Crippen LogP contribution in [0.1, 0.15) is 25.7 Å². The lowest BCUT2D eigenvalue weighted by molar-refractivity contribution is 0.114. The molecule has 0 amide bonds. The summed E-state index contributed by atoms with van der Waals surface area (Å²) in [6, 6.07) is 4.42. The molecule has 0 unspecified atom stereocenters. The maximum absolute atomic E-state index is 12.8. The molecule has 0 aromatic heterocycles. The molecule has 0 aliphatic carbocycles. The quantitative estimate of drug-likeness (QED) is 0.761. The fourth-order valence-electron chi connectivity index (χ4n) is 3.20. The second-order valence-electron chi connectivity index (χ2n) is 6.42. The Morgan fingerprint density at radius 3 is 2.77 bits per heavy atom.